The molecule has 1 N–H and O–H groups in total. The van der Waals surface area contributed by atoms with Crippen LogP contribution in [-0.4, -0.2) is 6.54 Å². The highest BCUT2D eigenvalue weighted by Crippen LogP contribution is 2.04. The van der Waals surface area contributed by atoms with Gasteiger partial charge in [-0.05, 0) is 25.5 Å². The maximum atomic E-state index is 3.70. The van der Waals surface area contributed by atoms with E-state index in [1.165, 1.54) is 38.5 Å². The van der Waals surface area contributed by atoms with Gasteiger partial charge in [0.05, 0.1) is 0 Å². The molecule has 0 rings (SSSR count). The average Bonchev–Trinajstić information content (AvgIpc) is 2.10. The van der Waals surface area contributed by atoms with Gasteiger partial charge in [0.2, 0.25) is 0 Å². The summed E-state index contributed by atoms with van der Waals surface area (Å²) in [6.45, 7) is 8.37. The van der Waals surface area contributed by atoms with Gasteiger partial charge in [-0.15, -0.1) is 6.58 Å². The molecule has 70 valence electrons. The van der Waals surface area contributed by atoms with E-state index in [2.05, 4.69) is 18.5 Å². The van der Waals surface area contributed by atoms with Gasteiger partial charge in [-0.1, -0.05) is 31.9 Å². The number of unbranched alkanes of at least 4 members (excludes halogenated alkanes) is 5. The van der Waals surface area contributed by atoms with E-state index in [1.54, 1.807) is 6.20 Å². The molecule has 0 saturated carbocycles. The van der Waals surface area contributed by atoms with Crippen LogP contribution < -0.4 is 5.32 Å². The van der Waals surface area contributed by atoms with Gasteiger partial charge < -0.3 is 5.32 Å². The number of hydrogen-bond donors (Lipinski definition) is 1. The Labute approximate surface area is 76.6 Å². The molecule has 0 radical (unpaired) electrons. The Hall–Kier alpha value is -0.720. The van der Waals surface area contributed by atoms with E-state index >= 15 is 0 Å². The largest absolute Gasteiger partial charge is 0.391 e. The standard InChI is InChI=1S/C11H21N/c1-3-5-6-7-8-9-10-11-12-4-2/h3-4,12H,1-2,5-11H2. The second-order valence-electron chi connectivity index (χ2n) is 3.00. The van der Waals surface area contributed by atoms with Crippen molar-refractivity contribution in [2.24, 2.45) is 0 Å². The minimum atomic E-state index is 1.07. The Bertz CT molecular complexity index is 93.6. The highest BCUT2D eigenvalue weighted by atomic mass is 14.8. The molecule has 0 aromatic carbocycles. The predicted molar refractivity (Wildman–Crippen MR) is 56.1 cm³/mol. The molecule has 0 bridgehead atoms. The van der Waals surface area contributed by atoms with Crippen LogP contribution >= 0.6 is 0 Å². The fourth-order valence-electron chi connectivity index (χ4n) is 1.15. The van der Waals surface area contributed by atoms with Crippen LogP contribution in [-0.2, 0) is 0 Å². The van der Waals surface area contributed by atoms with Crippen molar-refractivity contribution in [2.45, 2.75) is 38.5 Å². The highest BCUT2D eigenvalue weighted by molar-refractivity contribution is 4.65. The van der Waals surface area contributed by atoms with Crippen LogP contribution in [0.2, 0.25) is 0 Å². The Morgan fingerprint density at radius 3 is 2.25 bits per heavy atom. The summed E-state index contributed by atoms with van der Waals surface area (Å²) >= 11 is 0. The van der Waals surface area contributed by atoms with Crippen LogP contribution in [0.5, 0.6) is 0 Å². The summed E-state index contributed by atoms with van der Waals surface area (Å²) in [6, 6.07) is 0. The second-order valence-corrected chi connectivity index (χ2v) is 3.00. The molecule has 0 heterocycles. The second kappa shape index (κ2) is 10.3. The lowest BCUT2D eigenvalue weighted by Gasteiger charge is -2.00. The van der Waals surface area contributed by atoms with Crippen molar-refractivity contribution in [3.05, 3.63) is 25.4 Å². The van der Waals surface area contributed by atoms with E-state index in [-0.39, 0.29) is 0 Å². The fraction of sp³-hybridized carbons (Fsp3) is 0.636. The van der Waals surface area contributed by atoms with Crippen molar-refractivity contribution in [1.29, 1.82) is 0 Å². The molecule has 0 aliphatic rings. The molecule has 0 amide bonds. The monoisotopic (exact) mass is 167 g/mol. The van der Waals surface area contributed by atoms with Gasteiger partial charge in [-0.2, -0.15) is 0 Å². The van der Waals surface area contributed by atoms with Gasteiger partial charge in [-0.3, -0.25) is 0 Å². The molecule has 0 aromatic heterocycles. The Kier molecular flexibility index (Phi) is 9.66. The first-order chi connectivity index (χ1) is 5.91. The summed E-state index contributed by atoms with van der Waals surface area (Å²) in [5, 5.41) is 3.10. The average molecular weight is 167 g/mol. The number of allylic oxidation sites excluding steroid dienone is 1. The third kappa shape index (κ3) is 9.28. The van der Waals surface area contributed by atoms with Crippen LogP contribution in [0.25, 0.3) is 0 Å². The summed E-state index contributed by atoms with van der Waals surface area (Å²) in [5.41, 5.74) is 0. The molecule has 0 aliphatic carbocycles. The lowest BCUT2D eigenvalue weighted by molar-refractivity contribution is 0.607. The van der Waals surface area contributed by atoms with Crippen molar-refractivity contribution in [2.75, 3.05) is 6.54 Å². The maximum Gasteiger partial charge on any atom is 0.0141 e. The Morgan fingerprint density at radius 2 is 1.58 bits per heavy atom. The molecular weight excluding hydrogens is 146 g/mol. The van der Waals surface area contributed by atoms with Gasteiger partial charge in [-0.25, -0.2) is 0 Å². The van der Waals surface area contributed by atoms with E-state index in [4.69, 9.17) is 0 Å². The van der Waals surface area contributed by atoms with Gasteiger partial charge in [0.25, 0.3) is 0 Å². The van der Waals surface area contributed by atoms with E-state index in [9.17, 15) is 0 Å². The molecule has 0 atom stereocenters. The topological polar surface area (TPSA) is 12.0 Å². The molecule has 1 nitrogen and oxygen atoms in total. The van der Waals surface area contributed by atoms with E-state index in [0.29, 0.717) is 0 Å². The zero-order valence-corrected chi connectivity index (χ0v) is 8.02. The SMILES string of the molecule is C=CCCCCCCCNC=C. The van der Waals surface area contributed by atoms with Crippen LogP contribution in [0, 0.1) is 0 Å². The maximum absolute atomic E-state index is 3.70. The van der Waals surface area contributed by atoms with Crippen molar-refractivity contribution < 1.29 is 0 Å². The van der Waals surface area contributed by atoms with Crippen molar-refractivity contribution in [3.8, 4) is 0 Å². The lowest BCUT2D eigenvalue weighted by atomic mass is 10.1. The van der Waals surface area contributed by atoms with Gasteiger partial charge in [0.1, 0.15) is 0 Å². The number of rotatable bonds is 9. The van der Waals surface area contributed by atoms with Crippen molar-refractivity contribution >= 4 is 0 Å². The third-order valence-corrected chi connectivity index (χ3v) is 1.87. The lowest BCUT2D eigenvalue weighted by Crippen LogP contribution is -2.05. The predicted octanol–water partition coefficient (Wildman–Crippen LogP) is 3.25. The summed E-state index contributed by atoms with van der Waals surface area (Å²) in [6.07, 6.45) is 11.5. The number of hydrogen-bond acceptors (Lipinski definition) is 1. The van der Waals surface area contributed by atoms with Crippen molar-refractivity contribution in [3.63, 3.8) is 0 Å². The van der Waals surface area contributed by atoms with Crippen LogP contribution in [0.1, 0.15) is 38.5 Å². The first-order valence-corrected chi connectivity index (χ1v) is 4.87. The molecule has 0 spiro atoms. The quantitative estimate of drug-likeness (QED) is 0.410. The Balaban J connectivity index is 2.81. The minimum Gasteiger partial charge on any atom is -0.391 e. The molecule has 0 aliphatic heterocycles. The first kappa shape index (κ1) is 11.3. The summed E-state index contributed by atoms with van der Waals surface area (Å²) in [4.78, 5) is 0. The normalized spacial score (nSPS) is 9.33. The minimum absolute atomic E-state index is 1.07. The van der Waals surface area contributed by atoms with Crippen molar-refractivity contribution in [1.82, 2.24) is 5.32 Å². The molecule has 0 unspecified atom stereocenters. The van der Waals surface area contributed by atoms with E-state index < -0.39 is 0 Å². The van der Waals surface area contributed by atoms with E-state index in [1.807, 2.05) is 6.08 Å². The van der Waals surface area contributed by atoms with Crippen LogP contribution in [0.15, 0.2) is 25.4 Å². The zero-order chi connectivity index (χ0) is 9.07. The van der Waals surface area contributed by atoms with Crippen LogP contribution in [0.4, 0.5) is 0 Å². The zero-order valence-electron chi connectivity index (χ0n) is 8.02. The molecule has 0 aromatic rings. The third-order valence-electron chi connectivity index (χ3n) is 1.87. The van der Waals surface area contributed by atoms with Gasteiger partial charge in [0, 0.05) is 6.54 Å². The fourth-order valence-corrected chi connectivity index (χ4v) is 1.15. The Morgan fingerprint density at radius 1 is 0.917 bits per heavy atom. The van der Waals surface area contributed by atoms with E-state index in [0.717, 1.165) is 6.54 Å². The highest BCUT2D eigenvalue weighted by Gasteiger charge is 1.88. The molecule has 0 fully saturated rings. The molecular formula is C11H21N. The van der Waals surface area contributed by atoms with Crippen LogP contribution in [0.3, 0.4) is 0 Å². The first-order valence-electron chi connectivity index (χ1n) is 4.87. The smallest absolute Gasteiger partial charge is 0.0141 e. The van der Waals surface area contributed by atoms with Gasteiger partial charge >= 0.3 is 0 Å². The molecule has 1 heteroatoms. The molecule has 12 heavy (non-hydrogen) atoms. The summed E-state index contributed by atoms with van der Waals surface area (Å²) in [7, 11) is 0. The molecule has 0 saturated heterocycles. The summed E-state index contributed by atoms with van der Waals surface area (Å²) < 4.78 is 0. The summed E-state index contributed by atoms with van der Waals surface area (Å²) in [5.74, 6) is 0. The number of nitrogens with one attached hydrogen (secondary N) is 1. The van der Waals surface area contributed by atoms with Gasteiger partial charge in [0.15, 0.2) is 0 Å².